The summed E-state index contributed by atoms with van der Waals surface area (Å²) < 4.78 is 16.8. The van der Waals surface area contributed by atoms with Crippen molar-refractivity contribution in [2.75, 3.05) is 0 Å². The molecule has 0 aliphatic rings. The monoisotopic (exact) mass is 362 g/mol. The molecule has 0 aliphatic carbocycles. The van der Waals surface area contributed by atoms with E-state index in [0.717, 1.165) is 0 Å². The Morgan fingerprint density at radius 3 is 2.35 bits per heavy atom. The lowest BCUT2D eigenvalue weighted by Crippen LogP contribution is -1.82. The van der Waals surface area contributed by atoms with Gasteiger partial charge in [0.1, 0.15) is 17.4 Å². The molecular formula is C20H11ClN2O3. The van der Waals surface area contributed by atoms with Crippen LogP contribution in [-0.2, 0) is 0 Å². The van der Waals surface area contributed by atoms with E-state index < -0.39 is 0 Å². The summed E-state index contributed by atoms with van der Waals surface area (Å²) >= 11 is 6.15. The minimum atomic E-state index is 0.158. The Bertz CT molecular complexity index is 1100. The lowest BCUT2D eigenvalue weighted by atomic mass is 10.1. The Hall–Kier alpha value is -3.49. The van der Waals surface area contributed by atoms with E-state index in [2.05, 4.69) is 11.1 Å². The van der Waals surface area contributed by atoms with Crippen molar-refractivity contribution in [1.82, 2.24) is 0 Å². The topological polar surface area (TPSA) is 75.6 Å². The van der Waals surface area contributed by atoms with Crippen molar-refractivity contribution in [3.63, 3.8) is 0 Å². The predicted octanol–water partition coefficient (Wildman–Crippen LogP) is 6.08. The van der Waals surface area contributed by atoms with Crippen LogP contribution in [0.4, 0.5) is 5.88 Å². The van der Waals surface area contributed by atoms with Gasteiger partial charge in [-0.15, -0.1) is 0 Å². The van der Waals surface area contributed by atoms with Gasteiger partial charge in [-0.3, -0.25) is 0 Å². The fraction of sp³-hybridized carbons (Fsp3) is 0. The number of benzene rings is 1. The van der Waals surface area contributed by atoms with Gasteiger partial charge in [0.05, 0.1) is 18.1 Å². The fourth-order valence-electron chi connectivity index (χ4n) is 2.56. The van der Waals surface area contributed by atoms with Crippen molar-refractivity contribution in [3.8, 4) is 28.9 Å². The average molecular weight is 363 g/mol. The molecule has 0 saturated heterocycles. The fourth-order valence-corrected chi connectivity index (χ4v) is 2.74. The van der Waals surface area contributed by atoms with Crippen LogP contribution >= 0.6 is 11.6 Å². The Kier molecular flexibility index (Phi) is 4.18. The van der Waals surface area contributed by atoms with Gasteiger partial charge in [0.15, 0.2) is 11.5 Å². The van der Waals surface area contributed by atoms with Crippen LogP contribution in [0.15, 0.2) is 79.3 Å². The van der Waals surface area contributed by atoms with E-state index in [9.17, 15) is 5.26 Å². The maximum atomic E-state index is 9.68. The van der Waals surface area contributed by atoms with Crippen LogP contribution in [0, 0.1) is 11.3 Å². The van der Waals surface area contributed by atoms with Crippen molar-refractivity contribution in [2.24, 2.45) is 4.99 Å². The molecule has 0 bridgehead atoms. The van der Waals surface area contributed by atoms with Crippen LogP contribution < -0.4 is 0 Å². The van der Waals surface area contributed by atoms with E-state index in [4.69, 9.17) is 24.9 Å². The molecule has 0 saturated carbocycles. The van der Waals surface area contributed by atoms with Gasteiger partial charge in [0, 0.05) is 16.8 Å². The van der Waals surface area contributed by atoms with E-state index in [1.165, 1.54) is 12.5 Å². The van der Waals surface area contributed by atoms with Gasteiger partial charge >= 0.3 is 0 Å². The van der Waals surface area contributed by atoms with Gasteiger partial charge in [-0.25, -0.2) is 4.99 Å². The lowest BCUT2D eigenvalue weighted by Gasteiger charge is -1.96. The molecule has 26 heavy (non-hydrogen) atoms. The minimum Gasteiger partial charge on any atom is -0.464 e. The van der Waals surface area contributed by atoms with Gasteiger partial charge in [-0.1, -0.05) is 29.8 Å². The Morgan fingerprint density at radius 1 is 0.962 bits per heavy atom. The standard InChI is InChI=1S/C20H11ClN2O3/c21-15-6-2-1-5-13(15)12-23-20-14(11-22)18(16-7-3-9-24-16)19(26-20)17-8-4-10-25-17/h1-10,12H. The highest BCUT2D eigenvalue weighted by molar-refractivity contribution is 6.33. The second-order valence-electron chi connectivity index (χ2n) is 5.33. The Labute approximate surface area is 153 Å². The number of rotatable bonds is 4. The minimum absolute atomic E-state index is 0.158. The third kappa shape index (κ3) is 2.83. The summed E-state index contributed by atoms with van der Waals surface area (Å²) in [7, 11) is 0. The molecule has 3 heterocycles. The maximum Gasteiger partial charge on any atom is 0.238 e. The molecular weight excluding hydrogens is 352 g/mol. The zero-order chi connectivity index (χ0) is 17.9. The molecule has 3 aromatic heterocycles. The number of nitriles is 1. The summed E-state index contributed by atoms with van der Waals surface area (Å²) in [6.45, 7) is 0. The highest BCUT2D eigenvalue weighted by Gasteiger charge is 2.25. The summed E-state index contributed by atoms with van der Waals surface area (Å²) in [5.41, 5.74) is 1.47. The van der Waals surface area contributed by atoms with Crippen molar-refractivity contribution in [1.29, 1.82) is 5.26 Å². The van der Waals surface area contributed by atoms with Crippen LogP contribution in [0.25, 0.3) is 22.8 Å². The highest BCUT2D eigenvalue weighted by atomic mass is 35.5. The van der Waals surface area contributed by atoms with E-state index >= 15 is 0 Å². The molecule has 1 aromatic carbocycles. The second-order valence-corrected chi connectivity index (χ2v) is 5.74. The average Bonchev–Trinajstić information content (AvgIpc) is 3.39. The predicted molar refractivity (Wildman–Crippen MR) is 97.5 cm³/mol. The largest absolute Gasteiger partial charge is 0.464 e. The van der Waals surface area contributed by atoms with E-state index in [1.807, 2.05) is 18.2 Å². The van der Waals surface area contributed by atoms with Crippen LogP contribution in [0.1, 0.15) is 11.1 Å². The molecule has 0 unspecified atom stereocenters. The quantitative estimate of drug-likeness (QED) is 0.412. The molecule has 0 atom stereocenters. The molecule has 4 rings (SSSR count). The van der Waals surface area contributed by atoms with Crippen LogP contribution in [0.5, 0.6) is 0 Å². The first kappa shape index (κ1) is 16.0. The molecule has 0 amide bonds. The zero-order valence-corrected chi connectivity index (χ0v) is 14.1. The van der Waals surface area contributed by atoms with Crippen LogP contribution in [0.2, 0.25) is 5.02 Å². The molecule has 0 aliphatic heterocycles. The molecule has 0 fully saturated rings. The van der Waals surface area contributed by atoms with Gasteiger partial charge in [0.25, 0.3) is 0 Å². The normalized spacial score (nSPS) is 11.1. The first-order valence-corrected chi connectivity index (χ1v) is 8.09. The van der Waals surface area contributed by atoms with E-state index in [0.29, 0.717) is 33.4 Å². The summed E-state index contributed by atoms with van der Waals surface area (Å²) in [4.78, 5) is 4.33. The smallest absolute Gasteiger partial charge is 0.238 e. The number of aliphatic imine (C=N–C) groups is 1. The number of halogens is 1. The molecule has 4 aromatic rings. The van der Waals surface area contributed by atoms with Crippen molar-refractivity contribution in [2.45, 2.75) is 0 Å². The summed E-state index contributed by atoms with van der Waals surface area (Å²) in [5.74, 6) is 1.51. The molecule has 5 nitrogen and oxygen atoms in total. The van der Waals surface area contributed by atoms with Gasteiger partial charge < -0.3 is 13.3 Å². The van der Waals surface area contributed by atoms with E-state index in [-0.39, 0.29) is 11.4 Å². The molecule has 0 radical (unpaired) electrons. The highest BCUT2D eigenvalue weighted by Crippen LogP contribution is 2.42. The number of hydrogen-bond acceptors (Lipinski definition) is 5. The van der Waals surface area contributed by atoms with Gasteiger partial charge in [-0.2, -0.15) is 5.26 Å². The number of nitrogens with zero attached hydrogens (tertiary/aromatic N) is 2. The molecule has 126 valence electrons. The Balaban J connectivity index is 1.87. The summed E-state index contributed by atoms with van der Waals surface area (Å²) in [6, 6.07) is 16.4. The van der Waals surface area contributed by atoms with Gasteiger partial charge in [-0.05, 0) is 30.3 Å². The van der Waals surface area contributed by atoms with Gasteiger partial charge in [0.2, 0.25) is 5.88 Å². The first-order valence-electron chi connectivity index (χ1n) is 7.71. The van der Waals surface area contributed by atoms with Crippen LogP contribution in [0.3, 0.4) is 0 Å². The second kappa shape index (κ2) is 6.79. The van der Waals surface area contributed by atoms with Crippen molar-refractivity contribution >= 4 is 23.7 Å². The molecule has 0 N–H and O–H groups in total. The van der Waals surface area contributed by atoms with Crippen molar-refractivity contribution in [3.05, 3.63) is 77.2 Å². The summed E-state index contributed by atoms with van der Waals surface area (Å²) in [5, 5.41) is 10.2. The maximum absolute atomic E-state index is 9.68. The zero-order valence-electron chi connectivity index (χ0n) is 13.3. The molecule has 0 spiro atoms. The number of furan rings is 3. The van der Waals surface area contributed by atoms with E-state index in [1.54, 1.807) is 36.5 Å². The third-order valence-corrected chi connectivity index (χ3v) is 4.08. The number of hydrogen-bond donors (Lipinski definition) is 0. The third-order valence-electron chi connectivity index (χ3n) is 3.74. The summed E-state index contributed by atoms with van der Waals surface area (Å²) in [6.07, 6.45) is 4.62. The SMILES string of the molecule is N#Cc1c(N=Cc2ccccc2Cl)oc(-c2ccco2)c1-c1ccco1. The molecule has 6 heteroatoms. The Morgan fingerprint density at radius 2 is 1.69 bits per heavy atom. The lowest BCUT2D eigenvalue weighted by molar-refractivity contribution is 0.527. The first-order chi connectivity index (χ1) is 12.8. The van der Waals surface area contributed by atoms with Crippen molar-refractivity contribution < 1.29 is 13.3 Å². The van der Waals surface area contributed by atoms with Crippen LogP contribution in [-0.4, -0.2) is 6.21 Å².